The van der Waals surface area contributed by atoms with Crippen LogP contribution < -0.4 is 0 Å². The van der Waals surface area contributed by atoms with Crippen LogP contribution in [0.2, 0.25) is 0 Å². The molecule has 0 aliphatic heterocycles. The number of rotatable bonds is 4. The number of benzene rings is 6. The number of furan rings is 1. The Morgan fingerprint density at radius 1 is 0.556 bits per heavy atom. The maximum absolute atomic E-state index is 6.19. The normalized spacial score (nSPS) is 14.2. The van der Waals surface area contributed by atoms with E-state index in [1.54, 1.807) is 0 Å². The van der Waals surface area contributed by atoms with Gasteiger partial charge in [-0.1, -0.05) is 110 Å². The van der Waals surface area contributed by atoms with E-state index in [0.29, 0.717) is 5.92 Å². The smallest absolute Gasteiger partial charge is 0.136 e. The minimum atomic E-state index is 0.641. The average molecular weight is 582 g/mol. The molecule has 0 N–H and O–H groups in total. The summed E-state index contributed by atoms with van der Waals surface area (Å²) in [5, 5.41) is 5.17. The van der Waals surface area contributed by atoms with Gasteiger partial charge in [-0.2, -0.15) is 0 Å². The Morgan fingerprint density at radius 2 is 1.24 bits per heavy atom. The fourth-order valence-electron chi connectivity index (χ4n) is 7.98. The summed E-state index contributed by atoms with van der Waals surface area (Å²) in [6, 6.07) is 46.5. The van der Waals surface area contributed by atoms with Crippen LogP contribution >= 0.6 is 0 Å². The lowest BCUT2D eigenvalue weighted by Crippen LogP contribution is -2.05. The molecule has 0 spiro atoms. The molecule has 0 saturated heterocycles. The number of fused-ring (bicyclic) bond motifs is 6. The summed E-state index contributed by atoms with van der Waals surface area (Å²) in [6.45, 7) is 2.27. The van der Waals surface area contributed by atoms with Crippen LogP contribution in [0, 0.1) is 6.92 Å². The van der Waals surface area contributed by atoms with Gasteiger partial charge < -0.3 is 8.98 Å². The molecular weight excluding hydrogens is 546 g/mol. The molecule has 1 fully saturated rings. The third-order valence-electron chi connectivity index (χ3n) is 10.2. The molecule has 218 valence electrons. The highest BCUT2D eigenvalue weighted by atomic mass is 16.3. The second-order valence-electron chi connectivity index (χ2n) is 12.8. The molecule has 1 aliphatic rings. The predicted molar refractivity (Wildman–Crippen MR) is 189 cm³/mol. The number of hydrogen-bond donors (Lipinski definition) is 0. The van der Waals surface area contributed by atoms with Gasteiger partial charge in [0.25, 0.3) is 0 Å². The fourth-order valence-corrected chi connectivity index (χ4v) is 7.98. The Labute approximate surface area is 263 Å². The summed E-state index contributed by atoms with van der Waals surface area (Å²) < 4.78 is 8.70. The summed E-state index contributed by atoms with van der Waals surface area (Å²) in [6.07, 6.45) is 6.63. The molecule has 6 aromatic carbocycles. The van der Waals surface area contributed by atoms with Gasteiger partial charge in [-0.25, -0.2) is 0 Å². The monoisotopic (exact) mass is 581 g/mol. The second-order valence-corrected chi connectivity index (χ2v) is 12.8. The summed E-state index contributed by atoms with van der Waals surface area (Å²) in [4.78, 5) is 0. The highest BCUT2D eigenvalue weighted by molar-refractivity contribution is 6.13. The van der Waals surface area contributed by atoms with E-state index in [1.165, 1.54) is 87.4 Å². The van der Waals surface area contributed by atoms with Crippen LogP contribution in [-0.2, 0) is 0 Å². The van der Waals surface area contributed by atoms with Crippen molar-refractivity contribution in [2.75, 3.05) is 0 Å². The maximum Gasteiger partial charge on any atom is 0.136 e. The SMILES string of the molecule is Cc1cccc2c1c1c(C3CCCCC3)cccc1n2-c1ccccc1-c1ccc(-c2ccc3c(c2)oc2ccccc23)cc1. The molecule has 0 bridgehead atoms. The highest BCUT2D eigenvalue weighted by Gasteiger charge is 2.23. The van der Waals surface area contributed by atoms with Crippen molar-refractivity contribution in [1.29, 1.82) is 0 Å². The molecule has 1 saturated carbocycles. The predicted octanol–water partition coefficient (Wildman–Crippen LogP) is 12.4. The molecule has 9 rings (SSSR count). The lowest BCUT2D eigenvalue weighted by Gasteiger charge is -2.23. The van der Waals surface area contributed by atoms with Gasteiger partial charge in [-0.3, -0.25) is 0 Å². The number of aryl methyl sites for hydroxylation is 1. The zero-order valence-electron chi connectivity index (χ0n) is 25.6. The van der Waals surface area contributed by atoms with Gasteiger partial charge >= 0.3 is 0 Å². The average Bonchev–Trinajstić information content (AvgIpc) is 3.65. The van der Waals surface area contributed by atoms with E-state index in [-0.39, 0.29) is 0 Å². The lowest BCUT2D eigenvalue weighted by atomic mass is 9.82. The van der Waals surface area contributed by atoms with Gasteiger partial charge in [-0.05, 0) is 89.9 Å². The van der Waals surface area contributed by atoms with Crippen LogP contribution in [0.3, 0.4) is 0 Å². The molecule has 0 amide bonds. The third-order valence-corrected chi connectivity index (χ3v) is 10.2. The van der Waals surface area contributed by atoms with Gasteiger partial charge in [0.05, 0.1) is 16.7 Å². The van der Waals surface area contributed by atoms with Gasteiger partial charge in [-0.15, -0.1) is 0 Å². The van der Waals surface area contributed by atoms with E-state index in [9.17, 15) is 0 Å². The topological polar surface area (TPSA) is 18.1 Å². The van der Waals surface area contributed by atoms with E-state index < -0.39 is 0 Å². The molecule has 2 heteroatoms. The van der Waals surface area contributed by atoms with Crippen molar-refractivity contribution in [2.24, 2.45) is 0 Å². The molecule has 1 aliphatic carbocycles. The van der Waals surface area contributed by atoms with E-state index >= 15 is 0 Å². The molecule has 45 heavy (non-hydrogen) atoms. The lowest BCUT2D eigenvalue weighted by molar-refractivity contribution is 0.445. The summed E-state index contributed by atoms with van der Waals surface area (Å²) in [5.41, 5.74) is 13.4. The van der Waals surface area contributed by atoms with E-state index in [4.69, 9.17) is 4.42 Å². The molecule has 2 nitrogen and oxygen atoms in total. The first kappa shape index (κ1) is 26.3. The van der Waals surface area contributed by atoms with Crippen LogP contribution in [0.4, 0.5) is 0 Å². The van der Waals surface area contributed by atoms with Crippen molar-refractivity contribution >= 4 is 43.7 Å². The first-order valence-electron chi connectivity index (χ1n) is 16.4. The Bertz CT molecular complexity index is 2360. The first-order valence-corrected chi connectivity index (χ1v) is 16.4. The van der Waals surface area contributed by atoms with Crippen LogP contribution in [0.1, 0.15) is 49.1 Å². The van der Waals surface area contributed by atoms with Crippen molar-refractivity contribution in [1.82, 2.24) is 4.57 Å². The number of nitrogens with zero attached hydrogens (tertiary/aromatic N) is 1. The summed E-state index contributed by atoms with van der Waals surface area (Å²) >= 11 is 0. The van der Waals surface area contributed by atoms with Crippen LogP contribution in [0.25, 0.3) is 71.7 Å². The fraction of sp³-hybridized carbons (Fsp3) is 0.163. The Balaban J connectivity index is 1.17. The van der Waals surface area contributed by atoms with Gasteiger partial charge in [0.1, 0.15) is 11.2 Å². The second kappa shape index (κ2) is 10.5. The molecule has 2 heterocycles. The first-order chi connectivity index (χ1) is 22.2. The Morgan fingerprint density at radius 3 is 2.11 bits per heavy atom. The molecule has 2 aromatic heterocycles. The van der Waals surface area contributed by atoms with E-state index in [2.05, 4.69) is 127 Å². The number of para-hydroxylation sites is 2. The quantitative estimate of drug-likeness (QED) is 0.202. The van der Waals surface area contributed by atoms with Crippen LogP contribution in [-0.4, -0.2) is 4.57 Å². The zero-order valence-corrected chi connectivity index (χ0v) is 25.6. The summed E-state index contributed by atoms with van der Waals surface area (Å²) in [5.74, 6) is 0.641. The molecular formula is C43H35NO. The van der Waals surface area contributed by atoms with E-state index in [1.807, 2.05) is 12.1 Å². The molecule has 0 atom stereocenters. The Hall–Kier alpha value is -5.08. The minimum absolute atomic E-state index is 0.641. The van der Waals surface area contributed by atoms with Crippen molar-refractivity contribution < 1.29 is 4.42 Å². The van der Waals surface area contributed by atoms with Gasteiger partial charge in [0.15, 0.2) is 0 Å². The largest absolute Gasteiger partial charge is 0.456 e. The van der Waals surface area contributed by atoms with Crippen molar-refractivity contribution in [3.05, 3.63) is 139 Å². The molecule has 0 radical (unpaired) electrons. The van der Waals surface area contributed by atoms with Gasteiger partial charge in [0, 0.05) is 27.1 Å². The Kier molecular flexibility index (Phi) is 6.16. The third kappa shape index (κ3) is 4.24. The standard InChI is InChI=1S/C43H35NO/c1-28-11-9-18-38-42(28)43-34(30-12-3-2-4-13-30)16-10-19-39(43)44(38)37-17-7-5-14-33(37)31-23-21-29(22-24-31)32-25-26-36-35-15-6-8-20-40(35)45-41(36)27-32/h5-11,14-27,30H,2-4,12-13H2,1H3. The summed E-state index contributed by atoms with van der Waals surface area (Å²) in [7, 11) is 0. The van der Waals surface area contributed by atoms with Crippen molar-refractivity contribution in [3.63, 3.8) is 0 Å². The van der Waals surface area contributed by atoms with Crippen molar-refractivity contribution in [2.45, 2.75) is 44.9 Å². The number of hydrogen-bond acceptors (Lipinski definition) is 1. The maximum atomic E-state index is 6.19. The molecule has 8 aromatic rings. The van der Waals surface area contributed by atoms with Crippen LogP contribution in [0.5, 0.6) is 0 Å². The van der Waals surface area contributed by atoms with Gasteiger partial charge in [0.2, 0.25) is 0 Å². The zero-order chi connectivity index (χ0) is 29.9. The minimum Gasteiger partial charge on any atom is -0.456 e. The highest BCUT2D eigenvalue weighted by Crippen LogP contribution is 2.43. The molecule has 0 unspecified atom stereocenters. The number of aromatic nitrogens is 1. The van der Waals surface area contributed by atoms with E-state index in [0.717, 1.165) is 27.5 Å². The van der Waals surface area contributed by atoms with Crippen LogP contribution in [0.15, 0.2) is 132 Å². The van der Waals surface area contributed by atoms with Crippen molar-refractivity contribution in [3.8, 4) is 27.9 Å².